The van der Waals surface area contributed by atoms with Crippen LogP contribution < -0.4 is 5.32 Å². The quantitative estimate of drug-likeness (QED) is 0.794. The zero-order valence-electron chi connectivity index (χ0n) is 9.41. The van der Waals surface area contributed by atoms with Crippen LogP contribution in [0.4, 0.5) is 5.69 Å². The van der Waals surface area contributed by atoms with E-state index in [2.05, 4.69) is 31.2 Å². The average molecular weight is 298 g/mol. The second kappa shape index (κ2) is 4.12. The number of aromatic amines is 1. The van der Waals surface area contributed by atoms with Gasteiger partial charge in [0.05, 0.1) is 5.69 Å². The summed E-state index contributed by atoms with van der Waals surface area (Å²) in [6, 6.07) is 1.85. The molecule has 0 spiro atoms. The van der Waals surface area contributed by atoms with Crippen LogP contribution in [0.5, 0.6) is 0 Å². The number of H-pyrrole nitrogens is 1. The van der Waals surface area contributed by atoms with Crippen molar-refractivity contribution in [3.05, 3.63) is 22.9 Å². The molecule has 0 radical (unpaired) electrons. The van der Waals surface area contributed by atoms with E-state index < -0.39 is 11.5 Å². The number of nitrogens with zero attached hydrogens (tertiary/aromatic N) is 1. The molecule has 2 aromatic rings. The summed E-state index contributed by atoms with van der Waals surface area (Å²) in [5.74, 6) is -0.460. The minimum Gasteiger partial charge on any atom is -0.381 e. The van der Waals surface area contributed by atoms with Crippen LogP contribution in [0.3, 0.4) is 0 Å². The highest BCUT2D eigenvalue weighted by molar-refractivity contribution is 9.10. The largest absolute Gasteiger partial charge is 0.381 e. The Morgan fingerprint density at radius 2 is 2.29 bits per heavy atom. The molecule has 2 aromatic heterocycles. The highest BCUT2D eigenvalue weighted by atomic mass is 79.9. The molecule has 0 aliphatic carbocycles. The van der Waals surface area contributed by atoms with Crippen LogP contribution in [0.25, 0.3) is 11.0 Å². The highest BCUT2D eigenvalue weighted by Crippen LogP contribution is 2.25. The fourth-order valence-electron chi connectivity index (χ4n) is 1.36. The smallest absolute Gasteiger partial charge is 0.255 e. The van der Waals surface area contributed by atoms with E-state index in [-0.39, 0.29) is 0 Å². The third-order valence-corrected chi connectivity index (χ3v) is 2.74. The van der Waals surface area contributed by atoms with Gasteiger partial charge in [-0.2, -0.15) is 0 Å². The van der Waals surface area contributed by atoms with Crippen LogP contribution in [0.15, 0.2) is 22.9 Å². The molecule has 1 amide bonds. The molecule has 0 saturated carbocycles. The Hall–Kier alpha value is -1.40. The number of hydrogen-bond acceptors (Lipinski definition) is 3. The van der Waals surface area contributed by atoms with Crippen molar-refractivity contribution in [1.82, 2.24) is 9.97 Å². The van der Waals surface area contributed by atoms with Gasteiger partial charge in [0, 0.05) is 22.3 Å². The molecule has 90 valence electrons. The SMILES string of the molecule is CC(C)(O)C(=O)Nc1c[nH]c2ncc(Br)cc12. The van der Waals surface area contributed by atoms with Crippen LogP contribution in [-0.2, 0) is 4.79 Å². The lowest BCUT2D eigenvalue weighted by Gasteiger charge is -2.15. The van der Waals surface area contributed by atoms with Crippen LogP contribution in [0.1, 0.15) is 13.8 Å². The summed E-state index contributed by atoms with van der Waals surface area (Å²) < 4.78 is 0.823. The van der Waals surface area contributed by atoms with Gasteiger partial charge in [0.2, 0.25) is 0 Å². The molecule has 0 fully saturated rings. The van der Waals surface area contributed by atoms with E-state index in [4.69, 9.17) is 0 Å². The molecule has 2 heterocycles. The van der Waals surface area contributed by atoms with Gasteiger partial charge >= 0.3 is 0 Å². The molecule has 0 bridgehead atoms. The summed E-state index contributed by atoms with van der Waals surface area (Å²) in [7, 11) is 0. The van der Waals surface area contributed by atoms with Gasteiger partial charge in [-0.05, 0) is 35.8 Å². The average Bonchev–Trinajstić information content (AvgIpc) is 2.60. The molecular formula is C11H12BrN3O2. The number of fused-ring (bicyclic) bond motifs is 1. The van der Waals surface area contributed by atoms with Gasteiger partial charge in [0.15, 0.2) is 0 Å². The first-order valence-corrected chi connectivity index (χ1v) is 5.83. The maximum atomic E-state index is 11.7. The van der Waals surface area contributed by atoms with Gasteiger partial charge in [0.25, 0.3) is 5.91 Å². The molecule has 3 N–H and O–H groups in total. The number of pyridine rings is 1. The predicted octanol–water partition coefficient (Wildman–Crippen LogP) is 2.03. The summed E-state index contributed by atoms with van der Waals surface area (Å²) in [6.07, 6.45) is 3.31. The molecule has 17 heavy (non-hydrogen) atoms. The molecular weight excluding hydrogens is 286 g/mol. The van der Waals surface area contributed by atoms with E-state index in [1.165, 1.54) is 13.8 Å². The molecule has 0 aliphatic heterocycles. The maximum absolute atomic E-state index is 11.7. The predicted molar refractivity (Wildman–Crippen MR) is 68.7 cm³/mol. The number of amides is 1. The van der Waals surface area contributed by atoms with Crippen molar-refractivity contribution in [3.63, 3.8) is 0 Å². The van der Waals surface area contributed by atoms with Crippen molar-refractivity contribution in [1.29, 1.82) is 0 Å². The Bertz CT molecular complexity index is 572. The Balaban J connectivity index is 2.37. The van der Waals surface area contributed by atoms with Crippen molar-refractivity contribution in [3.8, 4) is 0 Å². The lowest BCUT2D eigenvalue weighted by Crippen LogP contribution is -2.36. The molecule has 0 atom stereocenters. The van der Waals surface area contributed by atoms with E-state index in [0.29, 0.717) is 11.3 Å². The van der Waals surface area contributed by atoms with E-state index in [1.807, 2.05) is 6.07 Å². The number of rotatable bonds is 2. The third kappa shape index (κ3) is 2.48. The Morgan fingerprint density at radius 1 is 1.59 bits per heavy atom. The van der Waals surface area contributed by atoms with Crippen molar-refractivity contribution in [2.75, 3.05) is 5.32 Å². The van der Waals surface area contributed by atoms with E-state index in [0.717, 1.165) is 9.86 Å². The number of aromatic nitrogens is 2. The molecule has 0 aromatic carbocycles. The van der Waals surface area contributed by atoms with Gasteiger partial charge < -0.3 is 15.4 Å². The van der Waals surface area contributed by atoms with Crippen molar-refractivity contribution in [2.24, 2.45) is 0 Å². The van der Waals surface area contributed by atoms with Crippen LogP contribution in [-0.4, -0.2) is 26.6 Å². The van der Waals surface area contributed by atoms with Crippen LogP contribution in [0.2, 0.25) is 0 Å². The third-order valence-electron chi connectivity index (χ3n) is 2.30. The molecule has 0 saturated heterocycles. The van der Waals surface area contributed by atoms with E-state index in [1.54, 1.807) is 12.4 Å². The number of hydrogen-bond donors (Lipinski definition) is 3. The molecule has 5 nitrogen and oxygen atoms in total. The lowest BCUT2D eigenvalue weighted by atomic mass is 10.1. The van der Waals surface area contributed by atoms with E-state index >= 15 is 0 Å². The topological polar surface area (TPSA) is 78.0 Å². The molecule has 0 unspecified atom stereocenters. The first-order chi connectivity index (χ1) is 7.88. The minimum absolute atomic E-state index is 0.460. The number of aliphatic hydroxyl groups is 1. The number of nitrogens with one attached hydrogen (secondary N) is 2. The Labute approximate surface area is 106 Å². The van der Waals surface area contributed by atoms with Crippen LogP contribution >= 0.6 is 15.9 Å². The molecule has 6 heteroatoms. The van der Waals surface area contributed by atoms with Gasteiger partial charge in [-0.1, -0.05) is 0 Å². The number of carbonyl (C=O) groups excluding carboxylic acids is 1. The Morgan fingerprint density at radius 3 is 2.94 bits per heavy atom. The van der Waals surface area contributed by atoms with Gasteiger partial charge in [0.1, 0.15) is 11.2 Å². The fraction of sp³-hybridized carbons (Fsp3) is 0.273. The van der Waals surface area contributed by atoms with Crippen molar-refractivity contribution >= 4 is 38.6 Å². The van der Waals surface area contributed by atoms with Gasteiger partial charge in [-0.15, -0.1) is 0 Å². The summed E-state index contributed by atoms with van der Waals surface area (Å²) >= 11 is 3.32. The fourth-order valence-corrected chi connectivity index (χ4v) is 1.69. The maximum Gasteiger partial charge on any atom is 0.255 e. The van der Waals surface area contributed by atoms with Gasteiger partial charge in [-0.3, -0.25) is 4.79 Å². The number of anilines is 1. The first-order valence-electron chi connectivity index (χ1n) is 5.04. The Kier molecular flexibility index (Phi) is 2.92. The normalized spacial score (nSPS) is 11.8. The van der Waals surface area contributed by atoms with Crippen molar-refractivity contribution in [2.45, 2.75) is 19.4 Å². The standard InChI is InChI=1S/C11H12BrN3O2/c1-11(2,17)10(16)15-8-5-14-9-7(8)3-6(12)4-13-9/h3-5,17H,1-2H3,(H,13,14)(H,15,16). The summed E-state index contributed by atoms with van der Waals surface area (Å²) in [5.41, 5.74) is -0.136. The van der Waals surface area contributed by atoms with E-state index in [9.17, 15) is 9.90 Å². The zero-order chi connectivity index (χ0) is 12.6. The van der Waals surface area contributed by atoms with Gasteiger partial charge in [-0.25, -0.2) is 4.98 Å². The summed E-state index contributed by atoms with van der Waals surface area (Å²) in [6.45, 7) is 2.87. The highest BCUT2D eigenvalue weighted by Gasteiger charge is 2.24. The summed E-state index contributed by atoms with van der Waals surface area (Å²) in [4.78, 5) is 18.8. The van der Waals surface area contributed by atoms with Crippen LogP contribution in [0, 0.1) is 0 Å². The minimum atomic E-state index is -1.41. The summed E-state index contributed by atoms with van der Waals surface area (Å²) in [5, 5.41) is 13.0. The zero-order valence-corrected chi connectivity index (χ0v) is 11.0. The monoisotopic (exact) mass is 297 g/mol. The first kappa shape index (κ1) is 12.1. The molecule has 0 aliphatic rings. The van der Waals surface area contributed by atoms with Crippen molar-refractivity contribution < 1.29 is 9.90 Å². The second-order valence-corrected chi connectivity index (χ2v) is 5.18. The number of halogens is 1. The second-order valence-electron chi connectivity index (χ2n) is 4.27. The molecule has 2 rings (SSSR count). The number of carbonyl (C=O) groups is 1. The lowest BCUT2D eigenvalue weighted by molar-refractivity contribution is -0.130.